The van der Waals surface area contributed by atoms with Gasteiger partial charge in [0.2, 0.25) is 0 Å². The van der Waals surface area contributed by atoms with E-state index in [4.69, 9.17) is 14.8 Å². The number of aromatic nitrogens is 3. The number of hydrogen-bond donors (Lipinski definition) is 3. The fourth-order valence-corrected chi connectivity index (χ4v) is 1.87. The van der Waals surface area contributed by atoms with E-state index in [0.29, 0.717) is 17.9 Å². The summed E-state index contributed by atoms with van der Waals surface area (Å²) in [7, 11) is -1.70. The van der Waals surface area contributed by atoms with Gasteiger partial charge >= 0.3 is 7.12 Å². The molecule has 7 nitrogen and oxygen atoms in total. The van der Waals surface area contributed by atoms with E-state index in [1.807, 2.05) is 6.92 Å². The van der Waals surface area contributed by atoms with E-state index in [1.165, 1.54) is 12.1 Å². The molecule has 0 bridgehead atoms. The van der Waals surface area contributed by atoms with E-state index in [1.54, 1.807) is 13.0 Å². The summed E-state index contributed by atoms with van der Waals surface area (Å²) in [5, 5.41) is 25.2. The number of aldehydes is 1. The first-order chi connectivity index (χ1) is 10.0. The van der Waals surface area contributed by atoms with Gasteiger partial charge in [-0.25, -0.2) is 4.98 Å². The van der Waals surface area contributed by atoms with Crippen LogP contribution in [-0.2, 0) is 6.42 Å². The largest absolute Gasteiger partial charge is 0.489 e. The molecule has 1 aromatic heterocycles. The minimum Gasteiger partial charge on any atom is -0.483 e. The van der Waals surface area contributed by atoms with Crippen LogP contribution in [0.1, 0.15) is 42.0 Å². The lowest BCUT2D eigenvalue weighted by molar-refractivity contribution is 0.112. The van der Waals surface area contributed by atoms with E-state index in [9.17, 15) is 4.79 Å². The van der Waals surface area contributed by atoms with Gasteiger partial charge in [-0.05, 0) is 24.5 Å². The van der Waals surface area contributed by atoms with Crippen molar-refractivity contribution in [1.82, 2.24) is 15.2 Å². The van der Waals surface area contributed by atoms with E-state index < -0.39 is 13.2 Å². The van der Waals surface area contributed by atoms with Crippen LogP contribution in [0.4, 0.5) is 0 Å². The summed E-state index contributed by atoms with van der Waals surface area (Å²) in [5.41, 5.74) is 0.301. The summed E-state index contributed by atoms with van der Waals surface area (Å²) in [6.07, 6.45) is 0.901. The van der Waals surface area contributed by atoms with E-state index in [-0.39, 0.29) is 11.0 Å². The molecule has 1 heterocycles. The fourth-order valence-electron chi connectivity index (χ4n) is 1.87. The van der Waals surface area contributed by atoms with Crippen molar-refractivity contribution in [2.75, 3.05) is 0 Å². The first kappa shape index (κ1) is 15.2. The number of nitrogens with zero attached hydrogens (tertiary/aromatic N) is 2. The maximum Gasteiger partial charge on any atom is 0.489 e. The Hall–Kier alpha value is -2.19. The summed E-state index contributed by atoms with van der Waals surface area (Å²) in [5.74, 6) is 1.72. The Bertz CT molecular complexity index is 630. The Morgan fingerprint density at radius 3 is 2.81 bits per heavy atom. The van der Waals surface area contributed by atoms with Gasteiger partial charge in [0.05, 0.1) is 0 Å². The van der Waals surface area contributed by atoms with E-state index >= 15 is 0 Å². The molecule has 8 heteroatoms. The van der Waals surface area contributed by atoms with Crippen LogP contribution in [0.3, 0.4) is 0 Å². The molecule has 0 aliphatic carbocycles. The molecule has 2 aromatic rings. The van der Waals surface area contributed by atoms with Gasteiger partial charge in [0.25, 0.3) is 0 Å². The minimum atomic E-state index is -1.70. The molecule has 1 unspecified atom stereocenters. The topological polar surface area (TPSA) is 108 Å². The van der Waals surface area contributed by atoms with Crippen LogP contribution in [0.25, 0.3) is 0 Å². The number of aryl methyl sites for hydroxylation is 1. The number of rotatable bonds is 6. The van der Waals surface area contributed by atoms with Crippen LogP contribution in [0, 0.1) is 0 Å². The highest BCUT2D eigenvalue weighted by atomic mass is 16.5. The summed E-state index contributed by atoms with van der Waals surface area (Å²) < 4.78 is 5.67. The molecular formula is C13H16BN3O4. The molecule has 1 aromatic carbocycles. The zero-order valence-electron chi connectivity index (χ0n) is 11.8. The zero-order valence-corrected chi connectivity index (χ0v) is 11.8. The number of ether oxygens (including phenoxy) is 1. The van der Waals surface area contributed by atoms with Crippen LogP contribution in [-0.4, -0.2) is 38.6 Å². The summed E-state index contributed by atoms with van der Waals surface area (Å²) in [6, 6.07) is 4.45. The van der Waals surface area contributed by atoms with Crippen LogP contribution in [0.5, 0.6) is 5.75 Å². The number of H-pyrrole nitrogens is 1. The number of hydrogen-bond acceptors (Lipinski definition) is 6. The first-order valence-electron chi connectivity index (χ1n) is 6.58. The highest BCUT2D eigenvalue weighted by Crippen LogP contribution is 2.19. The normalized spacial score (nSPS) is 12.0. The molecule has 0 aliphatic heterocycles. The Labute approximate surface area is 122 Å². The molecule has 0 radical (unpaired) electrons. The minimum absolute atomic E-state index is 0.135. The van der Waals surface area contributed by atoms with Crippen LogP contribution >= 0.6 is 0 Å². The number of aromatic amines is 1. The Morgan fingerprint density at radius 2 is 2.24 bits per heavy atom. The molecule has 0 saturated carbocycles. The fraction of sp³-hybridized carbons (Fsp3) is 0.308. The smallest absolute Gasteiger partial charge is 0.483 e. The maximum atomic E-state index is 11.0. The van der Waals surface area contributed by atoms with Gasteiger partial charge in [-0.1, -0.05) is 13.0 Å². The SMILES string of the molecule is CCc1nc(C(C)Oc2ccc(B(O)O)c(C=O)c2)n[nH]1. The molecule has 3 N–H and O–H groups in total. The second-order valence-corrected chi connectivity index (χ2v) is 4.54. The third-order valence-corrected chi connectivity index (χ3v) is 3.02. The standard InChI is InChI=1S/C13H16BN3O4/c1-3-12-15-13(17-16-12)8(2)21-10-4-5-11(14(19)20)9(6-10)7-18/h4-8,19-20H,3H2,1-2H3,(H,15,16,17). The van der Waals surface area contributed by atoms with E-state index in [0.717, 1.165) is 12.2 Å². The maximum absolute atomic E-state index is 11.0. The molecule has 0 amide bonds. The highest BCUT2D eigenvalue weighted by Gasteiger charge is 2.18. The van der Waals surface area contributed by atoms with Gasteiger partial charge in [0, 0.05) is 12.0 Å². The summed E-state index contributed by atoms with van der Waals surface area (Å²) >= 11 is 0. The summed E-state index contributed by atoms with van der Waals surface area (Å²) in [4.78, 5) is 15.2. The van der Waals surface area contributed by atoms with Crippen molar-refractivity contribution in [3.05, 3.63) is 35.4 Å². The number of nitrogens with one attached hydrogen (secondary N) is 1. The Morgan fingerprint density at radius 1 is 1.48 bits per heavy atom. The number of benzene rings is 1. The van der Waals surface area contributed by atoms with Crippen molar-refractivity contribution in [3.63, 3.8) is 0 Å². The predicted molar refractivity (Wildman–Crippen MR) is 76.5 cm³/mol. The molecule has 21 heavy (non-hydrogen) atoms. The molecule has 2 rings (SSSR count). The predicted octanol–water partition coefficient (Wildman–Crippen LogP) is -0.000600. The van der Waals surface area contributed by atoms with Gasteiger partial charge < -0.3 is 14.8 Å². The zero-order chi connectivity index (χ0) is 15.4. The molecule has 0 spiro atoms. The number of carbonyl (C=O) groups excluding carboxylic acids is 1. The van der Waals surface area contributed by atoms with Crippen LogP contribution in [0.15, 0.2) is 18.2 Å². The molecule has 110 valence electrons. The lowest BCUT2D eigenvalue weighted by Crippen LogP contribution is -2.32. The van der Waals surface area contributed by atoms with Crippen molar-refractivity contribution in [2.24, 2.45) is 0 Å². The van der Waals surface area contributed by atoms with Crippen molar-refractivity contribution >= 4 is 18.9 Å². The van der Waals surface area contributed by atoms with Crippen molar-refractivity contribution < 1.29 is 19.6 Å². The highest BCUT2D eigenvalue weighted by molar-refractivity contribution is 6.60. The molecule has 1 atom stereocenters. The molecular weight excluding hydrogens is 273 g/mol. The average molecular weight is 289 g/mol. The van der Waals surface area contributed by atoms with Gasteiger partial charge in [-0.3, -0.25) is 9.89 Å². The summed E-state index contributed by atoms with van der Waals surface area (Å²) in [6.45, 7) is 3.75. The third kappa shape index (κ3) is 3.47. The van der Waals surface area contributed by atoms with Crippen molar-refractivity contribution in [3.8, 4) is 5.75 Å². The third-order valence-electron chi connectivity index (χ3n) is 3.02. The molecule has 0 aliphatic rings. The average Bonchev–Trinajstić information content (AvgIpc) is 2.95. The van der Waals surface area contributed by atoms with Gasteiger partial charge in [0.1, 0.15) is 17.9 Å². The van der Waals surface area contributed by atoms with Gasteiger partial charge in [-0.15, -0.1) is 0 Å². The molecule has 0 fully saturated rings. The van der Waals surface area contributed by atoms with Crippen LogP contribution < -0.4 is 10.2 Å². The Kier molecular flexibility index (Phi) is 4.72. The van der Waals surface area contributed by atoms with Crippen LogP contribution in [0.2, 0.25) is 0 Å². The molecule has 0 saturated heterocycles. The quantitative estimate of drug-likeness (QED) is 0.510. The number of carbonyl (C=O) groups is 1. The van der Waals surface area contributed by atoms with Gasteiger partial charge in [-0.2, -0.15) is 5.10 Å². The Balaban J connectivity index is 2.17. The van der Waals surface area contributed by atoms with E-state index in [2.05, 4.69) is 15.2 Å². The lowest BCUT2D eigenvalue weighted by Gasteiger charge is -2.13. The van der Waals surface area contributed by atoms with Crippen molar-refractivity contribution in [2.45, 2.75) is 26.4 Å². The second kappa shape index (κ2) is 6.51. The second-order valence-electron chi connectivity index (χ2n) is 4.54. The monoisotopic (exact) mass is 289 g/mol. The first-order valence-corrected chi connectivity index (χ1v) is 6.58. The lowest BCUT2D eigenvalue weighted by atomic mass is 9.77. The van der Waals surface area contributed by atoms with Crippen molar-refractivity contribution in [1.29, 1.82) is 0 Å². The van der Waals surface area contributed by atoms with Gasteiger partial charge in [0.15, 0.2) is 11.9 Å².